The van der Waals surface area contributed by atoms with Gasteiger partial charge in [-0.1, -0.05) is 0 Å². The van der Waals surface area contributed by atoms with Gasteiger partial charge in [0, 0.05) is 36.3 Å². The van der Waals surface area contributed by atoms with Crippen LogP contribution in [0.4, 0.5) is 0 Å². The lowest BCUT2D eigenvalue weighted by Crippen LogP contribution is -2.46. The summed E-state index contributed by atoms with van der Waals surface area (Å²) in [5.41, 5.74) is 0.177. The number of carbonyl (C=O) groups excluding carboxylic acids is 2. The summed E-state index contributed by atoms with van der Waals surface area (Å²) in [7, 11) is 0. The Morgan fingerprint density at radius 3 is 1.89 bits per heavy atom. The first-order valence-corrected chi connectivity index (χ1v) is 8.62. The molecule has 0 unspecified atom stereocenters. The van der Waals surface area contributed by atoms with Crippen LogP contribution < -0.4 is 5.32 Å². The number of phenolic OH excluding ortho intramolecular Hbond substituents is 5. The molecule has 1 saturated heterocycles. The summed E-state index contributed by atoms with van der Waals surface area (Å²) in [6.07, 6.45) is 0.969. The van der Waals surface area contributed by atoms with Gasteiger partial charge in [-0.25, -0.2) is 0 Å². The van der Waals surface area contributed by atoms with Crippen molar-refractivity contribution < 1.29 is 35.1 Å². The fourth-order valence-electron chi connectivity index (χ4n) is 3.13. The first-order valence-electron chi connectivity index (χ1n) is 8.62. The molecule has 0 aromatic heterocycles. The largest absolute Gasteiger partial charge is 0.508 e. The summed E-state index contributed by atoms with van der Waals surface area (Å²) < 4.78 is 0. The van der Waals surface area contributed by atoms with Crippen LogP contribution in [0.25, 0.3) is 0 Å². The van der Waals surface area contributed by atoms with Crippen molar-refractivity contribution in [2.45, 2.75) is 18.9 Å². The molecular formula is C19H20N2O7. The third-order valence-corrected chi connectivity index (χ3v) is 4.60. The lowest BCUT2D eigenvalue weighted by molar-refractivity contribution is 0.0697. The van der Waals surface area contributed by atoms with Gasteiger partial charge in [-0.3, -0.25) is 9.59 Å². The van der Waals surface area contributed by atoms with Crippen molar-refractivity contribution in [1.29, 1.82) is 0 Å². The molecule has 9 heteroatoms. The molecule has 1 aliphatic heterocycles. The minimum absolute atomic E-state index is 0.00143. The van der Waals surface area contributed by atoms with Crippen LogP contribution in [0.1, 0.15) is 33.6 Å². The molecule has 1 fully saturated rings. The Hall–Kier alpha value is -3.62. The molecule has 2 amide bonds. The second-order valence-corrected chi connectivity index (χ2v) is 6.64. The van der Waals surface area contributed by atoms with Crippen molar-refractivity contribution in [1.82, 2.24) is 10.2 Å². The standard InChI is InChI=1S/C19H20N2O7/c22-13-5-11(6-14(23)9-13)19(28)21-3-1-12(2-4-21)20-18(27)10-7-15(24)17(26)16(25)8-10/h5-9,12,22-26H,1-4H2,(H,20,27). The second kappa shape index (κ2) is 7.55. The van der Waals surface area contributed by atoms with E-state index in [1.165, 1.54) is 12.1 Å². The molecule has 0 bridgehead atoms. The van der Waals surface area contributed by atoms with Gasteiger partial charge in [0.25, 0.3) is 11.8 Å². The Balaban J connectivity index is 1.59. The van der Waals surface area contributed by atoms with E-state index in [1.54, 1.807) is 4.90 Å². The normalized spacial score (nSPS) is 14.6. The zero-order valence-corrected chi connectivity index (χ0v) is 14.8. The van der Waals surface area contributed by atoms with Gasteiger partial charge in [0.15, 0.2) is 17.2 Å². The number of likely N-dealkylation sites (tertiary alicyclic amines) is 1. The van der Waals surface area contributed by atoms with Crippen LogP contribution in [0.2, 0.25) is 0 Å². The van der Waals surface area contributed by atoms with E-state index >= 15 is 0 Å². The number of amides is 2. The number of carbonyl (C=O) groups is 2. The summed E-state index contributed by atoms with van der Waals surface area (Å²) in [5, 5.41) is 50.2. The Morgan fingerprint density at radius 2 is 1.36 bits per heavy atom. The summed E-state index contributed by atoms with van der Waals surface area (Å²) >= 11 is 0. The number of nitrogens with one attached hydrogen (secondary N) is 1. The predicted octanol–water partition coefficient (Wildman–Crippen LogP) is 1.25. The molecule has 0 atom stereocenters. The topological polar surface area (TPSA) is 151 Å². The van der Waals surface area contributed by atoms with Crippen molar-refractivity contribution in [3.8, 4) is 28.7 Å². The molecule has 0 radical (unpaired) electrons. The van der Waals surface area contributed by atoms with Gasteiger partial charge >= 0.3 is 0 Å². The molecule has 6 N–H and O–H groups in total. The number of nitrogens with zero attached hydrogens (tertiary/aromatic N) is 1. The van der Waals surface area contributed by atoms with E-state index in [-0.39, 0.29) is 34.6 Å². The molecule has 3 rings (SSSR count). The third kappa shape index (κ3) is 4.03. The highest BCUT2D eigenvalue weighted by atomic mass is 16.3. The van der Waals surface area contributed by atoms with Crippen molar-refractivity contribution in [3.05, 3.63) is 41.5 Å². The lowest BCUT2D eigenvalue weighted by Gasteiger charge is -2.32. The number of piperidine rings is 1. The number of aromatic hydroxyl groups is 5. The first-order chi connectivity index (χ1) is 13.2. The van der Waals surface area contributed by atoms with Crippen molar-refractivity contribution >= 4 is 11.8 Å². The highest BCUT2D eigenvalue weighted by Crippen LogP contribution is 2.35. The summed E-state index contributed by atoms with van der Waals surface area (Å²) in [6, 6.07) is 5.58. The van der Waals surface area contributed by atoms with E-state index < -0.39 is 23.2 Å². The quantitative estimate of drug-likeness (QED) is 0.433. The van der Waals surface area contributed by atoms with E-state index in [0.29, 0.717) is 25.9 Å². The number of benzene rings is 2. The lowest BCUT2D eigenvalue weighted by atomic mass is 10.0. The minimum atomic E-state index is -0.693. The maximum atomic E-state index is 12.5. The van der Waals surface area contributed by atoms with Gasteiger partial charge in [0.2, 0.25) is 0 Å². The summed E-state index contributed by atoms with van der Waals surface area (Å²) in [6.45, 7) is 0.735. The highest BCUT2D eigenvalue weighted by Gasteiger charge is 2.26. The molecule has 1 heterocycles. The van der Waals surface area contributed by atoms with Crippen LogP contribution in [0.3, 0.4) is 0 Å². The Morgan fingerprint density at radius 1 is 0.821 bits per heavy atom. The van der Waals surface area contributed by atoms with E-state index in [0.717, 1.165) is 18.2 Å². The van der Waals surface area contributed by atoms with Gasteiger partial charge in [-0.05, 0) is 37.1 Å². The smallest absolute Gasteiger partial charge is 0.254 e. The van der Waals surface area contributed by atoms with Crippen LogP contribution in [-0.4, -0.2) is 61.4 Å². The molecule has 148 valence electrons. The van der Waals surface area contributed by atoms with Gasteiger partial charge in [0.1, 0.15) is 11.5 Å². The zero-order chi connectivity index (χ0) is 20.4. The highest BCUT2D eigenvalue weighted by molar-refractivity contribution is 5.96. The van der Waals surface area contributed by atoms with Crippen molar-refractivity contribution in [2.75, 3.05) is 13.1 Å². The van der Waals surface area contributed by atoms with Gasteiger partial charge in [-0.2, -0.15) is 0 Å². The molecule has 2 aromatic rings. The van der Waals surface area contributed by atoms with Crippen LogP contribution in [0, 0.1) is 0 Å². The van der Waals surface area contributed by atoms with Gasteiger partial charge in [0.05, 0.1) is 0 Å². The number of rotatable bonds is 3. The minimum Gasteiger partial charge on any atom is -0.508 e. The van der Waals surface area contributed by atoms with Gasteiger partial charge in [-0.15, -0.1) is 0 Å². The van der Waals surface area contributed by atoms with E-state index in [9.17, 15) is 35.1 Å². The van der Waals surface area contributed by atoms with E-state index in [2.05, 4.69) is 5.32 Å². The third-order valence-electron chi connectivity index (χ3n) is 4.60. The van der Waals surface area contributed by atoms with Crippen LogP contribution >= 0.6 is 0 Å². The molecule has 1 aliphatic rings. The predicted molar refractivity (Wildman–Crippen MR) is 97.6 cm³/mol. The fraction of sp³-hybridized carbons (Fsp3) is 0.263. The monoisotopic (exact) mass is 388 g/mol. The molecule has 2 aromatic carbocycles. The number of hydrogen-bond donors (Lipinski definition) is 6. The Kier molecular flexibility index (Phi) is 5.16. The molecule has 9 nitrogen and oxygen atoms in total. The molecule has 28 heavy (non-hydrogen) atoms. The van der Waals surface area contributed by atoms with Crippen molar-refractivity contribution in [3.63, 3.8) is 0 Å². The van der Waals surface area contributed by atoms with Crippen LogP contribution in [0.5, 0.6) is 28.7 Å². The summed E-state index contributed by atoms with van der Waals surface area (Å²) in [5.74, 6) is -3.14. The molecule has 0 saturated carbocycles. The average Bonchev–Trinajstić information content (AvgIpc) is 2.65. The number of phenols is 5. The van der Waals surface area contributed by atoms with Gasteiger partial charge < -0.3 is 35.7 Å². The van der Waals surface area contributed by atoms with Crippen LogP contribution in [-0.2, 0) is 0 Å². The van der Waals surface area contributed by atoms with Crippen LogP contribution in [0.15, 0.2) is 30.3 Å². The zero-order valence-electron chi connectivity index (χ0n) is 14.8. The molecular weight excluding hydrogens is 368 g/mol. The second-order valence-electron chi connectivity index (χ2n) is 6.64. The maximum Gasteiger partial charge on any atom is 0.254 e. The Bertz CT molecular complexity index is 877. The SMILES string of the molecule is O=C(NC1CCN(C(=O)c2cc(O)cc(O)c2)CC1)c1cc(O)c(O)c(O)c1. The van der Waals surface area contributed by atoms with E-state index in [1.807, 2.05) is 0 Å². The average molecular weight is 388 g/mol. The first kappa shape index (κ1) is 19.2. The number of hydrogen-bond acceptors (Lipinski definition) is 7. The fourth-order valence-corrected chi connectivity index (χ4v) is 3.13. The summed E-state index contributed by atoms with van der Waals surface area (Å²) in [4.78, 5) is 26.4. The molecule has 0 spiro atoms. The molecule has 0 aliphatic carbocycles. The van der Waals surface area contributed by atoms with Crippen molar-refractivity contribution in [2.24, 2.45) is 0 Å². The Labute approximate surface area is 160 Å². The maximum absolute atomic E-state index is 12.5. The van der Waals surface area contributed by atoms with E-state index in [4.69, 9.17) is 0 Å².